The second kappa shape index (κ2) is 7.97. The van der Waals surface area contributed by atoms with E-state index < -0.39 is 17.4 Å². The van der Waals surface area contributed by atoms with Crippen LogP contribution < -0.4 is 22.3 Å². The van der Waals surface area contributed by atoms with Gasteiger partial charge in [-0.1, -0.05) is 29.3 Å². The minimum atomic E-state index is -0.648. The number of hydrogen-bond donors (Lipinski definition) is 3. The highest BCUT2D eigenvalue weighted by Gasteiger charge is 2.21. The van der Waals surface area contributed by atoms with E-state index in [1.165, 1.54) is 16.8 Å². The maximum absolute atomic E-state index is 13.9. The molecule has 5 N–H and O–H groups in total. The van der Waals surface area contributed by atoms with Gasteiger partial charge in [-0.05, 0) is 19.1 Å². The second-order valence-corrected chi connectivity index (χ2v) is 7.39. The largest absolute Gasteiger partial charge is 0.382 e. The van der Waals surface area contributed by atoms with E-state index in [9.17, 15) is 9.18 Å². The molecule has 0 bridgehead atoms. The predicted octanol–water partition coefficient (Wildman–Crippen LogP) is 3.35. The van der Waals surface area contributed by atoms with Gasteiger partial charge in [-0.25, -0.2) is 9.37 Å². The van der Waals surface area contributed by atoms with Crippen LogP contribution in [0.2, 0.25) is 10.0 Å². The first kappa shape index (κ1) is 20.8. The Balaban J connectivity index is 1.94. The minimum Gasteiger partial charge on any atom is -0.382 e. The van der Waals surface area contributed by atoms with Crippen molar-refractivity contribution in [2.45, 2.75) is 13.0 Å². The molecular formula is C19H15Cl2FN8O. The van der Waals surface area contributed by atoms with Crippen molar-refractivity contribution in [3.05, 3.63) is 68.7 Å². The molecule has 0 spiro atoms. The van der Waals surface area contributed by atoms with E-state index in [-0.39, 0.29) is 44.5 Å². The third kappa shape index (κ3) is 3.82. The van der Waals surface area contributed by atoms with Crippen molar-refractivity contribution in [1.82, 2.24) is 24.5 Å². The molecule has 0 saturated heterocycles. The van der Waals surface area contributed by atoms with Crippen LogP contribution in [0.25, 0.3) is 16.6 Å². The Hall–Kier alpha value is -3.50. The average Bonchev–Trinajstić information content (AvgIpc) is 2.71. The first-order valence-electron chi connectivity index (χ1n) is 8.93. The number of nitrogens with one attached hydrogen (secondary N) is 1. The smallest absolute Gasteiger partial charge is 0.267 e. The molecule has 4 rings (SSSR count). The molecule has 12 heteroatoms. The van der Waals surface area contributed by atoms with E-state index in [1.807, 2.05) is 0 Å². The molecule has 0 amide bonds. The predicted molar refractivity (Wildman–Crippen MR) is 118 cm³/mol. The summed E-state index contributed by atoms with van der Waals surface area (Å²) in [6, 6.07) is 5.43. The van der Waals surface area contributed by atoms with Crippen molar-refractivity contribution in [3.63, 3.8) is 0 Å². The van der Waals surface area contributed by atoms with Crippen molar-refractivity contribution in [2.75, 3.05) is 16.8 Å². The molecule has 0 fully saturated rings. The van der Waals surface area contributed by atoms with Crippen molar-refractivity contribution >= 4 is 51.7 Å². The van der Waals surface area contributed by atoms with Crippen LogP contribution in [0.3, 0.4) is 0 Å². The SMILES string of the molecule is CC(Nc1nc(N)nc(N)c1Cl)c1nc2cccc(Cl)c2c(=O)n1-c1cncc(F)c1. The molecule has 0 aliphatic carbocycles. The Labute approximate surface area is 184 Å². The van der Waals surface area contributed by atoms with Gasteiger partial charge in [-0.3, -0.25) is 14.3 Å². The molecule has 4 aromatic rings. The fraction of sp³-hybridized carbons (Fsp3) is 0.105. The van der Waals surface area contributed by atoms with Crippen LogP contribution in [0.15, 0.2) is 41.5 Å². The number of hydrogen-bond acceptors (Lipinski definition) is 8. The highest BCUT2D eigenvalue weighted by atomic mass is 35.5. The number of nitrogens with two attached hydrogens (primary N) is 2. The first-order chi connectivity index (χ1) is 14.8. The van der Waals surface area contributed by atoms with Crippen LogP contribution in [0.1, 0.15) is 18.8 Å². The monoisotopic (exact) mass is 460 g/mol. The number of halogens is 3. The van der Waals surface area contributed by atoms with Crippen molar-refractivity contribution in [3.8, 4) is 5.69 Å². The fourth-order valence-corrected chi connectivity index (χ4v) is 3.51. The number of benzene rings is 1. The van der Waals surface area contributed by atoms with Crippen molar-refractivity contribution in [1.29, 1.82) is 0 Å². The van der Waals surface area contributed by atoms with Crippen molar-refractivity contribution in [2.24, 2.45) is 0 Å². The maximum Gasteiger partial charge on any atom is 0.267 e. The van der Waals surface area contributed by atoms with Gasteiger partial charge in [0.2, 0.25) is 5.95 Å². The third-order valence-corrected chi connectivity index (χ3v) is 5.14. The highest BCUT2D eigenvalue weighted by Crippen LogP contribution is 2.29. The minimum absolute atomic E-state index is 0.00570. The van der Waals surface area contributed by atoms with Crippen LogP contribution in [0, 0.1) is 5.82 Å². The van der Waals surface area contributed by atoms with Crippen LogP contribution in [0.5, 0.6) is 0 Å². The lowest BCUT2D eigenvalue weighted by Gasteiger charge is -2.21. The third-order valence-electron chi connectivity index (χ3n) is 4.46. The van der Waals surface area contributed by atoms with Gasteiger partial charge >= 0.3 is 0 Å². The van der Waals surface area contributed by atoms with E-state index >= 15 is 0 Å². The summed E-state index contributed by atoms with van der Waals surface area (Å²) in [5.74, 6) is -0.312. The Morgan fingerprint density at radius 3 is 2.68 bits per heavy atom. The molecule has 9 nitrogen and oxygen atoms in total. The Bertz CT molecular complexity index is 1380. The summed E-state index contributed by atoms with van der Waals surface area (Å²) >= 11 is 12.4. The second-order valence-electron chi connectivity index (χ2n) is 6.60. The molecule has 31 heavy (non-hydrogen) atoms. The molecule has 0 saturated carbocycles. The van der Waals surface area contributed by atoms with Gasteiger partial charge in [0.15, 0.2) is 5.82 Å². The molecular weight excluding hydrogens is 446 g/mol. The number of aromatic nitrogens is 5. The normalized spacial score (nSPS) is 12.1. The molecule has 0 aliphatic rings. The lowest BCUT2D eigenvalue weighted by Crippen LogP contribution is -2.28. The summed E-state index contributed by atoms with van der Waals surface area (Å²) in [7, 11) is 0. The number of pyridine rings is 1. The van der Waals surface area contributed by atoms with Crippen LogP contribution >= 0.6 is 23.2 Å². The quantitative estimate of drug-likeness (QED) is 0.421. The van der Waals surface area contributed by atoms with Gasteiger partial charge in [-0.2, -0.15) is 9.97 Å². The highest BCUT2D eigenvalue weighted by molar-refractivity contribution is 6.35. The van der Waals surface area contributed by atoms with Gasteiger partial charge < -0.3 is 16.8 Å². The van der Waals surface area contributed by atoms with Gasteiger partial charge in [0.1, 0.15) is 22.5 Å². The standard InChI is InChI=1S/C19H15Cl2FN8O/c1-8(26-16-14(21)15(23)28-19(24)29-16)17-27-12-4-2-3-11(20)13(12)18(31)30(17)10-5-9(22)6-25-7-10/h2-8H,1H3,(H5,23,24,26,28,29). The average molecular weight is 461 g/mol. The number of nitrogens with zero attached hydrogens (tertiary/aromatic N) is 5. The lowest BCUT2D eigenvalue weighted by molar-refractivity contribution is 0.617. The van der Waals surface area contributed by atoms with E-state index in [2.05, 4.69) is 25.3 Å². The van der Waals surface area contributed by atoms with Crippen LogP contribution in [-0.2, 0) is 0 Å². The first-order valence-corrected chi connectivity index (χ1v) is 9.69. The van der Waals surface area contributed by atoms with Gasteiger partial charge in [0.25, 0.3) is 5.56 Å². The van der Waals surface area contributed by atoms with Crippen molar-refractivity contribution < 1.29 is 4.39 Å². The number of anilines is 3. The number of nitrogen functional groups attached to an aromatic ring is 2. The topological polar surface area (TPSA) is 138 Å². The fourth-order valence-electron chi connectivity index (χ4n) is 3.12. The van der Waals surface area contributed by atoms with E-state index in [4.69, 9.17) is 34.7 Å². The number of rotatable bonds is 4. The Morgan fingerprint density at radius 2 is 1.94 bits per heavy atom. The molecule has 0 radical (unpaired) electrons. The van der Waals surface area contributed by atoms with Crippen LogP contribution in [0.4, 0.5) is 22.0 Å². The lowest BCUT2D eigenvalue weighted by atomic mass is 10.2. The summed E-state index contributed by atoms with van der Waals surface area (Å²) in [4.78, 5) is 29.6. The summed E-state index contributed by atoms with van der Waals surface area (Å²) in [5, 5.41) is 3.50. The van der Waals surface area contributed by atoms with Gasteiger partial charge in [0, 0.05) is 6.07 Å². The summed E-state index contributed by atoms with van der Waals surface area (Å²) in [5.41, 5.74) is 11.5. The molecule has 0 aliphatic heterocycles. The van der Waals surface area contributed by atoms with Gasteiger partial charge in [-0.15, -0.1) is 0 Å². The van der Waals surface area contributed by atoms with E-state index in [0.29, 0.717) is 5.52 Å². The molecule has 158 valence electrons. The summed E-state index contributed by atoms with van der Waals surface area (Å²) < 4.78 is 15.1. The van der Waals surface area contributed by atoms with Gasteiger partial charge in [0.05, 0.1) is 40.0 Å². The molecule has 1 atom stereocenters. The molecule has 3 heterocycles. The zero-order chi connectivity index (χ0) is 22.3. The zero-order valence-corrected chi connectivity index (χ0v) is 17.5. The van der Waals surface area contributed by atoms with E-state index in [1.54, 1.807) is 25.1 Å². The number of fused-ring (bicyclic) bond motifs is 1. The molecule has 1 aromatic carbocycles. The van der Waals surface area contributed by atoms with E-state index in [0.717, 1.165) is 6.20 Å². The Morgan fingerprint density at radius 1 is 1.16 bits per heavy atom. The Kier molecular flexibility index (Phi) is 5.34. The summed E-state index contributed by atoms with van der Waals surface area (Å²) in [6.45, 7) is 1.71. The van der Waals surface area contributed by atoms with Crippen LogP contribution in [-0.4, -0.2) is 24.5 Å². The maximum atomic E-state index is 13.9. The summed E-state index contributed by atoms with van der Waals surface area (Å²) in [6.07, 6.45) is 2.38. The molecule has 3 aromatic heterocycles. The zero-order valence-electron chi connectivity index (χ0n) is 16.0. The molecule has 1 unspecified atom stereocenters.